The summed E-state index contributed by atoms with van der Waals surface area (Å²) in [5.74, 6) is -0.601. The van der Waals surface area contributed by atoms with E-state index in [1.54, 1.807) is 0 Å². The summed E-state index contributed by atoms with van der Waals surface area (Å²) in [6, 6.07) is 0.0205. The lowest BCUT2D eigenvalue weighted by Crippen LogP contribution is -2.41. The molecule has 7 heteroatoms. The molecule has 1 N–H and O–H groups in total. The zero-order valence-corrected chi connectivity index (χ0v) is 12.1. The van der Waals surface area contributed by atoms with Crippen LogP contribution >= 0.6 is 0 Å². The van der Waals surface area contributed by atoms with E-state index in [2.05, 4.69) is 5.32 Å². The Labute approximate surface area is 116 Å². The minimum atomic E-state index is -0.620. The number of hydrogen-bond acceptors (Lipinski definition) is 4. The van der Waals surface area contributed by atoms with Gasteiger partial charge >= 0.3 is 5.69 Å². The summed E-state index contributed by atoms with van der Waals surface area (Å²) < 4.78 is 2.08. The number of nitrogens with one attached hydrogen (secondary N) is 1. The summed E-state index contributed by atoms with van der Waals surface area (Å²) in [6.07, 6.45) is 1.32. The number of nitrogens with zero attached hydrogens (tertiary/aromatic N) is 2. The zero-order chi connectivity index (χ0) is 15.4. The number of ketones is 1. The average Bonchev–Trinajstić information content (AvgIpc) is 2.34. The molecule has 0 saturated carbocycles. The Morgan fingerprint density at radius 2 is 1.90 bits per heavy atom. The van der Waals surface area contributed by atoms with Gasteiger partial charge in [-0.25, -0.2) is 4.79 Å². The Kier molecular flexibility index (Phi) is 5.01. The number of Topliss-reactive ketones (excluding diaryl/α,β-unsaturated/α-hetero) is 1. The largest absolute Gasteiger partial charge is 0.354 e. The molecule has 0 bridgehead atoms. The van der Waals surface area contributed by atoms with Gasteiger partial charge in [0.1, 0.15) is 0 Å². The molecule has 0 atom stereocenters. The topological polar surface area (TPSA) is 90.2 Å². The van der Waals surface area contributed by atoms with E-state index in [1.165, 1.54) is 24.7 Å². The fraction of sp³-hybridized carbons (Fsp3) is 0.538. The first kappa shape index (κ1) is 15.9. The molecule has 0 aliphatic rings. The molecule has 110 valence electrons. The summed E-state index contributed by atoms with van der Waals surface area (Å²) in [6.45, 7) is 5.05. The minimum absolute atomic E-state index is 0.0205. The second kappa shape index (κ2) is 6.31. The molecule has 1 amide bonds. The number of hydrogen-bond donors (Lipinski definition) is 1. The first-order valence-electron chi connectivity index (χ1n) is 6.34. The highest BCUT2D eigenvalue weighted by molar-refractivity contribution is 5.93. The van der Waals surface area contributed by atoms with Gasteiger partial charge in [-0.15, -0.1) is 0 Å². The average molecular weight is 281 g/mol. The highest BCUT2D eigenvalue weighted by Gasteiger charge is 2.13. The number of carbonyl (C=O) groups excluding carboxylic acids is 2. The smallest absolute Gasteiger partial charge is 0.330 e. The van der Waals surface area contributed by atoms with Gasteiger partial charge in [0, 0.05) is 32.3 Å². The van der Waals surface area contributed by atoms with Crippen molar-refractivity contribution in [3.8, 4) is 0 Å². The fourth-order valence-electron chi connectivity index (χ4n) is 1.74. The van der Waals surface area contributed by atoms with Crippen molar-refractivity contribution < 1.29 is 9.59 Å². The Balaban J connectivity index is 3.02. The molecule has 1 rings (SSSR count). The van der Waals surface area contributed by atoms with Gasteiger partial charge in [-0.1, -0.05) is 0 Å². The number of amides is 1. The lowest BCUT2D eigenvalue weighted by atomic mass is 10.2. The normalized spacial score (nSPS) is 10.7. The van der Waals surface area contributed by atoms with Gasteiger partial charge < -0.3 is 5.32 Å². The van der Waals surface area contributed by atoms with Crippen LogP contribution < -0.4 is 16.6 Å². The van der Waals surface area contributed by atoms with Gasteiger partial charge in [0.25, 0.3) is 5.56 Å². The zero-order valence-electron chi connectivity index (χ0n) is 12.1. The van der Waals surface area contributed by atoms with Crippen molar-refractivity contribution in [2.75, 3.05) is 0 Å². The van der Waals surface area contributed by atoms with Crippen LogP contribution in [0.4, 0.5) is 0 Å². The highest BCUT2D eigenvalue weighted by atomic mass is 16.2. The van der Waals surface area contributed by atoms with Gasteiger partial charge in [-0.05, 0) is 20.8 Å². The molecule has 0 spiro atoms. The predicted molar refractivity (Wildman–Crippen MR) is 73.8 cm³/mol. The van der Waals surface area contributed by atoms with Crippen LogP contribution in [0.5, 0.6) is 0 Å². The van der Waals surface area contributed by atoms with Crippen LogP contribution in [-0.4, -0.2) is 26.9 Å². The third-order valence-corrected chi connectivity index (χ3v) is 2.76. The van der Waals surface area contributed by atoms with E-state index in [0.717, 1.165) is 4.57 Å². The second-order valence-corrected chi connectivity index (χ2v) is 4.91. The fourth-order valence-corrected chi connectivity index (χ4v) is 1.74. The van der Waals surface area contributed by atoms with E-state index < -0.39 is 17.0 Å². The van der Waals surface area contributed by atoms with Crippen LogP contribution in [0.15, 0.2) is 15.8 Å². The maximum atomic E-state index is 11.9. The summed E-state index contributed by atoms with van der Waals surface area (Å²) >= 11 is 0. The van der Waals surface area contributed by atoms with Crippen LogP contribution in [0.2, 0.25) is 0 Å². The molecule has 1 heterocycles. The Bertz CT molecular complexity index is 640. The van der Waals surface area contributed by atoms with Crippen LogP contribution in [0.3, 0.4) is 0 Å². The molecule has 0 unspecified atom stereocenters. The molecule has 0 aromatic carbocycles. The van der Waals surface area contributed by atoms with Gasteiger partial charge in [0.05, 0.1) is 5.56 Å². The molecule has 1 aromatic heterocycles. The van der Waals surface area contributed by atoms with Gasteiger partial charge in [-0.2, -0.15) is 0 Å². The monoisotopic (exact) mass is 281 g/mol. The lowest BCUT2D eigenvalue weighted by molar-refractivity contribution is -0.121. The lowest BCUT2D eigenvalue weighted by Gasteiger charge is -2.11. The van der Waals surface area contributed by atoms with E-state index in [0.29, 0.717) is 0 Å². The van der Waals surface area contributed by atoms with E-state index >= 15 is 0 Å². The molecular formula is C13H19N3O4. The highest BCUT2D eigenvalue weighted by Crippen LogP contribution is 1.94. The molecular weight excluding hydrogens is 262 g/mol. The second-order valence-electron chi connectivity index (χ2n) is 4.91. The van der Waals surface area contributed by atoms with Crippen molar-refractivity contribution in [1.82, 2.24) is 14.5 Å². The maximum absolute atomic E-state index is 11.9. The summed E-state index contributed by atoms with van der Waals surface area (Å²) in [7, 11) is 1.31. The maximum Gasteiger partial charge on any atom is 0.330 e. The number of carbonyl (C=O) groups is 2. The van der Waals surface area contributed by atoms with Gasteiger partial charge in [-0.3, -0.25) is 23.5 Å². The summed E-state index contributed by atoms with van der Waals surface area (Å²) in [5, 5.41) is 2.71. The van der Waals surface area contributed by atoms with Gasteiger partial charge in [0.2, 0.25) is 5.91 Å². The predicted octanol–water partition coefficient (Wildman–Crippen LogP) is -0.336. The SMILES string of the molecule is CC(=O)c1cn(CCC(=O)NC(C)C)c(=O)n(C)c1=O. The van der Waals surface area contributed by atoms with Crippen molar-refractivity contribution in [2.45, 2.75) is 39.8 Å². The van der Waals surface area contributed by atoms with E-state index in [4.69, 9.17) is 0 Å². The van der Waals surface area contributed by atoms with Crippen molar-refractivity contribution in [2.24, 2.45) is 7.05 Å². The summed E-state index contributed by atoms with van der Waals surface area (Å²) in [4.78, 5) is 46.5. The molecule has 0 aliphatic carbocycles. The molecule has 0 fully saturated rings. The molecule has 20 heavy (non-hydrogen) atoms. The Hall–Kier alpha value is -2.18. The van der Waals surface area contributed by atoms with Crippen molar-refractivity contribution in [3.63, 3.8) is 0 Å². The molecule has 7 nitrogen and oxygen atoms in total. The number of aromatic nitrogens is 2. The van der Waals surface area contributed by atoms with Crippen LogP contribution in [-0.2, 0) is 18.4 Å². The van der Waals surface area contributed by atoms with Crippen molar-refractivity contribution in [1.29, 1.82) is 0 Å². The quantitative estimate of drug-likeness (QED) is 0.748. The van der Waals surface area contributed by atoms with Crippen molar-refractivity contribution in [3.05, 3.63) is 32.6 Å². The van der Waals surface area contributed by atoms with Crippen LogP contribution in [0.25, 0.3) is 0 Å². The standard InChI is InChI=1S/C13H19N3O4/c1-8(2)14-11(18)5-6-16-7-10(9(3)17)12(19)15(4)13(16)20/h7-8H,5-6H2,1-4H3,(H,14,18). The van der Waals surface area contributed by atoms with Crippen LogP contribution in [0.1, 0.15) is 37.6 Å². The summed E-state index contributed by atoms with van der Waals surface area (Å²) in [5.41, 5.74) is -1.22. The Morgan fingerprint density at radius 1 is 1.30 bits per heavy atom. The Morgan fingerprint density at radius 3 is 2.40 bits per heavy atom. The molecule has 0 saturated heterocycles. The minimum Gasteiger partial charge on any atom is -0.354 e. The van der Waals surface area contributed by atoms with Crippen LogP contribution in [0, 0.1) is 0 Å². The van der Waals surface area contributed by atoms with E-state index in [9.17, 15) is 19.2 Å². The number of rotatable bonds is 5. The molecule has 0 aliphatic heterocycles. The first-order valence-corrected chi connectivity index (χ1v) is 6.34. The van der Waals surface area contributed by atoms with Gasteiger partial charge in [0.15, 0.2) is 5.78 Å². The third-order valence-electron chi connectivity index (χ3n) is 2.76. The molecule has 0 radical (unpaired) electrons. The molecule has 1 aromatic rings. The van der Waals surface area contributed by atoms with Crippen molar-refractivity contribution >= 4 is 11.7 Å². The third kappa shape index (κ3) is 3.66. The van der Waals surface area contributed by atoms with E-state index in [-0.39, 0.29) is 30.5 Å². The first-order chi connectivity index (χ1) is 9.23. The number of aryl methyl sites for hydroxylation is 1. The van der Waals surface area contributed by atoms with E-state index in [1.807, 2.05) is 13.8 Å².